The number of nitrogens with one attached hydrogen (secondary N) is 1. The van der Waals surface area contributed by atoms with Gasteiger partial charge in [0.2, 0.25) is 0 Å². The largest absolute Gasteiger partial charge is 0.485 e. The van der Waals surface area contributed by atoms with Crippen molar-refractivity contribution in [1.29, 1.82) is 0 Å². The molecule has 1 atom stereocenters. The van der Waals surface area contributed by atoms with Crippen LogP contribution in [-0.2, 0) is 4.79 Å². The first-order chi connectivity index (χ1) is 9.47. The van der Waals surface area contributed by atoms with E-state index in [9.17, 15) is 14.9 Å². The van der Waals surface area contributed by atoms with E-state index in [0.717, 1.165) is 6.42 Å². The van der Waals surface area contributed by atoms with Gasteiger partial charge in [-0.2, -0.15) is 0 Å². The predicted molar refractivity (Wildman–Crippen MR) is 73.0 cm³/mol. The maximum Gasteiger partial charge on any atom is 0.324 e. The molecule has 0 saturated heterocycles. The minimum absolute atomic E-state index is 0.0829. The molecular formula is C13H18N2O5. The molecule has 0 saturated carbocycles. The highest BCUT2D eigenvalue weighted by Gasteiger charge is 2.22. The highest BCUT2D eigenvalue weighted by molar-refractivity contribution is 5.73. The average molecular weight is 282 g/mol. The summed E-state index contributed by atoms with van der Waals surface area (Å²) in [6, 6.07) is 3.81. The normalized spacial score (nSPS) is 11.9. The molecule has 0 radical (unpaired) electrons. The van der Waals surface area contributed by atoms with E-state index < -0.39 is 16.9 Å². The number of nitro groups is 1. The van der Waals surface area contributed by atoms with Crippen molar-refractivity contribution in [3.8, 4) is 5.75 Å². The van der Waals surface area contributed by atoms with Gasteiger partial charge in [-0.25, -0.2) is 0 Å². The van der Waals surface area contributed by atoms with E-state index in [1.54, 1.807) is 19.1 Å². The van der Waals surface area contributed by atoms with Gasteiger partial charge in [0.15, 0.2) is 5.75 Å². The summed E-state index contributed by atoms with van der Waals surface area (Å²) in [6.45, 7) is 3.89. The summed E-state index contributed by atoms with van der Waals surface area (Å²) in [5.74, 6) is -0.965. The third-order valence-corrected chi connectivity index (χ3v) is 2.73. The molecule has 1 unspecified atom stereocenters. The van der Waals surface area contributed by atoms with Gasteiger partial charge >= 0.3 is 11.7 Å². The quantitative estimate of drug-likeness (QED) is 0.556. The minimum atomic E-state index is -1.05. The summed E-state index contributed by atoms with van der Waals surface area (Å²) >= 11 is 0. The number of hydrogen-bond acceptors (Lipinski definition) is 5. The molecule has 1 aromatic carbocycles. The number of rotatable bonds is 8. The van der Waals surface area contributed by atoms with Crippen LogP contribution < -0.4 is 10.1 Å². The van der Waals surface area contributed by atoms with Crippen LogP contribution in [0.5, 0.6) is 5.75 Å². The molecule has 0 aliphatic carbocycles. The van der Waals surface area contributed by atoms with Crippen molar-refractivity contribution in [2.75, 3.05) is 13.2 Å². The number of aryl methyl sites for hydroxylation is 1. The fourth-order valence-corrected chi connectivity index (χ4v) is 1.69. The summed E-state index contributed by atoms with van der Waals surface area (Å²) in [5.41, 5.74) is 0.341. The first kappa shape index (κ1) is 15.9. The predicted octanol–water partition coefficient (Wildman–Crippen LogP) is 1.73. The van der Waals surface area contributed by atoms with Gasteiger partial charge in [-0.05, 0) is 26.0 Å². The van der Waals surface area contributed by atoms with Crippen LogP contribution in [-0.4, -0.2) is 35.2 Å². The molecular weight excluding hydrogens is 264 g/mol. The monoisotopic (exact) mass is 282 g/mol. The van der Waals surface area contributed by atoms with Gasteiger partial charge in [0, 0.05) is 5.56 Å². The zero-order chi connectivity index (χ0) is 15.1. The molecule has 0 fully saturated rings. The lowest BCUT2D eigenvalue weighted by Gasteiger charge is -2.15. The third-order valence-electron chi connectivity index (χ3n) is 2.73. The number of carboxylic acid groups (broad SMARTS) is 1. The Balaban J connectivity index is 2.80. The molecule has 7 nitrogen and oxygen atoms in total. The van der Waals surface area contributed by atoms with Crippen LogP contribution in [0.4, 0.5) is 5.69 Å². The Morgan fingerprint density at radius 1 is 1.55 bits per heavy atom. The van der Waals surface area contributed by atoms with Gasteiger partial charge < -0.3 is 15.2 Å². The molecule has 20 heavy (non-hydrogen) atoms. The maximum absolute atomic E-state index is 11.0. The molecule has 110 valence electrons. The van der Waals surface area contributed by atoms with E-state index in [1.165, 1.54) is 6.07 Å². The zero-order valence-corrected chi connectivity index (χ0v) is 11.5. The highest BCUT2D eigenvalue weighted by Crippen LogP contribution is 2.30. The van der Waals surface area contributed by atoms with Crippen molar-refractivity contribution < 1.29 is 19.6 Å². The molecule has 0 spiro atoms. The average Bonchev–Trinajstić information content (AvgIpc) is 2.37. The number of nitrogens with zero attached hydrogens (tertiary/aromatic N) is 1. The van der Waals surface area contributed by atoms with Crippen molar-refractivity contribution in [2.45, 2.75) is 26.3 Å². The van der Waals surface area contributed by atoms with Crippen molar-refractivity contribution >= 4 is 11.7 Å². The Bertz CT molecular complexity index is 490. The van der Waals surface area contributed by atoms with Crippen molar-refractivity contribution in [3.05, 3.63) is 33.9 Å². The molecule has 1 aromatic rings. The number of para-hydroxylation sites is 1. The Morgan fingerprint density at radius 3 is 2.80 bits per heavy atom. The second kappa shape index (κ2) is 7.44. The van der Waals surface area contributed by atoms with Crippen LogP contribution >= 0.6 is 0 Å². The van der Waals surface area contributed by atoms with Crippen molar-refractivity contribution in [1.82, 2.24) is 5.32 Å². The fourth-order valence-electron chi connectivity index (χ4n) is 1.69. The topological polar surface area (TPSA) is 102 Å². The summed E-state index contributed by atoms with van der Waals surface area (Å²) < 4.78 is 5.31. The first-order valence-corrected chi connectivity index (χ1v) is 6.30. The Hall–Kier alpha value is -2.15. The summed E-state index contributed by atoms with van der Waals surface area (Å²) in [5, 5.41) is 22.8. The van der Waals surface area contributed by atoms with Crippen LogP contribution in [0.1, 0.15) is 18.9 Å². The Labute approximate surface area is 116 Å². The molecule has 7 heteroatoms. The lowest BCUT2D eigenvalue weighted by molar-refractivity contribution is -0.386. The van der Waals surface area contributed by atoms with Crippen LogP contribution in [0.2, 0.25) is 0 Å². The van der Waals surface area contributed by atoms with Gasteiger partial charge in [-0.1, -0.05) is 19.1 Å². The van der Waals surface area contributed by atoms with E-state index in [2.05, 4.69) is 5.32 Å². The molecule has 1 rings (SSSR count). The lowest BCUT2D eigenvalue weighted by Crippen LogP contribution is -2.41. The first-order valence-electron chi connectivity index (χ1n) is 6.30. The minimum Gasteiger partial charge on any atom is -0.485 e. The van der Waals surface area contributed by atoms with E-state index in [-0.39, 0.29) is 18.0 Å². The van der Waals surface area contributed by atoms with Crippen LogP contribution in [0.3, 0.4) is 0 Å². The van der Waals surface area contributed by atoms with Crippen LogP contribution in [0.15, 0.2) is 18.2 Å². The fraction of sp³-hybridized carbons (Fsp3) is 0.462. The van der Waals surface area contributed by atoms with Crippen LogP contribution in [0.25, 0.3) is 0 Å². The van der Waals surface area contributed by atoms with Gasteiger partial charge in [0.05, 0.1) is 4.92 Å². The molecule has 0 aromatic heterocycles. The second-order valence-corrected chi connectivity index (χ2v) is 4.33. The van der Waals surface area contributed by atoms with Gasteiger partial charge in [0.25, 0.3) is 0 Å². The van der Waals surface area contributed by atoms with Crippen LogP contribution in [0, 0.1) is 17.0 Å². The van der Waals surface area contributed by atoms with Gasteiger partial charge in [0.1, 0.15) is 12.6 Å². The number of ether oxygens (including phenoxy) is 1. The molecule has 0 heterocycles. The Morgan fingerprint density at radius 2 is 2.25 bits per heavy atom. The number of aliphatic carboxylic acids is 1. The molecule has 0 bridgehead atoms. The van der Waals surface area contributed by atoms with Crippen molar-refractivity contribution in [3.63, 3.8) is 0 Å². The number of benzene rings is 1. The van der Waals surface area contributed by atoms with E-state index in [0.29, 0.717) is 12.1 Å². The molecule has 0 aliphatic heterocycles. The van der Waals surface area contributed by atoms with E-state index in [1.807, 2.05) is 6.92 Å². The highest BCUT2D eigenvalue weighted by atomic mass is 16.6. The number of carbonyl (C=O) groups is 1. The number of nitro benzene ring substituents is 1. The molecule has 2 N–H and O–H groups in total. The zero-order valence-electron chi connectivity index (χ0n) is 11.5. The number of carboxylic acids is 1. The van der Waals surface area contributed by atoms with Gasteiger partial charge in [-0.3, -0.25) is 14.9 Å². The smallest absolute Gasteiger partial charge is 0.324 e. The van der Waals surface area contributed by atoms with E-state index in [4.69, 9.17) is 9.84 Å². The van der Waals surface area contributed by atoms with Crippen molar-refractivity contribution in [2.24, 2.45) is 0 Å². The van der Waals surface area contributed by atoms with Gasteiger partial charge in [-0.15, -0.1) is 0 Å². The summed E-state index contributed by atoms with van der Waals surface area (Å²) in [6.07, 6.45) is 0.786. The number of hydrogen-bond donors (Lipinski definition) is 2. The lowest BCUT2D eigenvalue weighted by atomic mass is 10.2. The molecule has 0 aliphatic rings. The Kier molecular flexibility index (Phi) is 5.92. The third kappa shape index (κ3) is 4.20. The SMILES string of the molecule is CCCNC(COc1cccc(C)c1[N+](=O)[O-])C(=O)O. The van der Waals surface area contributed by atoms with E-state index >= 15 is 0 Å². The second-order valence-electron chi connectivity index (χ2n) is 4.33. The molecule has 0 amide bonds. The summed E-state index contributed by atoms with van der Waals surface area (Å²) in [4.78, 5) is 21.5. The maximum atomic E-state index is 11.0. The summed E-state index contributed by atoms with van der Waals surface area (Å²) in [7, 11) is 0. The standard InChI is InChI=1S/C13H18N2O5/c1-3-7-14-10(13(16)17)8-20-11-6-4-5-9(2)12(11)15(18)19/h4-6,10,14H,3,7-8H2,1-2H3,(H,16,17).